The topological polar surface area (TPSA) is 92.8 Å². The Morgan fingerprint density at radius 3 is 2.89 bits per heavy atom. The molecule has 1 fully saturated rings. The molecule has 8 nitrogen and oxygen atoms in total. The van der Waals surface area contributed by atoms with Crippen LogP contribution in [-0.2, 0) is 17.8 Å². The Morgan fingerprint density at radius 1 is 1.19 bits per heavy atom. The van der Waals surface area contributed by atoms with Crippen molar-refractivity contribution in [3.63, 3.8) is 0 Å². The Balaban J connectivity index is 1.43. The van der Waals surface area contributed by atoms with Crippen molar-refractivity contribution in [1.82, 2.24) is 15.6 Å². The summed E-state index contributed by atoms with van der Waals surface area (Å²) in [6.45, 7) is 1.60. The van der Waals surface area contributed by atoms with Crippen molar-refractivity contribution in [3.8, 4) is 11.5 Å². The van der Waals surface area contributed by atoms with Crippen molar-refractivity contribution in [2.24, 2.45) is 0 Å². The monoisotopic (exact) mass is 520 g/mol. The lowest BCUT2D eigenvalue weighted by Crippen LogP contribution is -2.45. The molecule has 2 aromatic carbocycles. The average molecular weight is 521 g/mol. The summed E-state index contributed by atoms with van der Waals surface area (Å²) in [7, 11) is 1.56. The van der Waals surface area contributed by atoms with Gasteiger partial charge < -0.3 is 25.0 Å². The zero-order valence-electron chi connectivity index (χ0n) is 20.6. The van der Waals surface area contributed by atoms with Crippen molar-refractivity contribution < 1.29 is 19.1 Å². The minimum absolute atomic E-state index is 0.167. The van der Waals surface area contributed by atoms with Crippen LogP contribution in [0.15, 0.2) is 54.7 Å². The fourth-order valence-corrected chi connectivity index (χ4v) is 4.99. The number of aromatic nitrogens is 1. The maximum absolute atomic E-state index is 13.3. The average Bonchev–Trinajstić information content (AvgIpc) is 3.24. The molecule has 192 valence electrons. The van der Waals surface area contributed by atoms with Gasteiger partial charge in [0.05, 0.1) is 17.7 Å². The first kappa shape index (κ1) is 24.9. The summed E-state index contributed by atoms with van der Waals surface area (Å²) in [5.41, 5.74) is 3.44. The molecular weight excluding hydrogens is 492 g/mol. The van der Waals surface area contributed by atoms with Gasteiger partial charge in [0.25, 0.3) is 5.91 Å². The van der Waals surface area contributed by atoms with Crippen LogP contribution in [0.5, 0.6) is 11.5 Å². The number of nitrogens with zero attached hydrogens (tertiary/aromatic N) is 2. The Morgan fingerprint density at radius 2 is 2.05 bits per heavy atom. The molecule has 1 saturated heterocycles. The summed E-state index contributed by atoms with van der Waals surface area (Å²) in [6, 6.07) is 14.8. The third kappa shape index (κ3) is 5.49. The number of anilines is 2. The highest BCUT2D eigenvalue weighted by Gasteiger charge is 2.27. The summed E-state index contributed by atoms with van der Waals surface area (Å²) >= 11 is 6.29. The predicted molar refractivity (Wildman–Crippen MR) is 142 cm³/mol. The molecule has 0 radical (unpaired) electrons. The standard InChI is InChI=1S/C28H29ClN4O4/c1-36-24-10-9-18(14-21(24)29)17-37-25-15-26(33-13-11-19-6-2-3-8-23(19)33)31-16-20(25)27(34)32-22-7-4-5-12-30-28(22)35/h2-3,6,8-10,14-16,22H,4-5,7,11-13,17H2,1H3,(H,30,35)(H,32,34). The number of nitrogens with one attached hydrogen (secondary N) is 2. The van der Waals surface area contributed by atoms with Crippen LogP contribution in [0.25, 0.3) is 0 Å². The van der Waals surface area contributed by atoms with E-state index in [2.05, 4.69) is 32.7 Å². The van der Waals surface area contributed by atoms with Crippen molar-refractivity contribution in [3.05, 3.63) is 76.4 Å². The molecule has 1 aromatic heterocycles. The van der Waals surface area contributed by atoms with E-state index in [0.29, 0.717) is 35.3 Å². The number of methoxy groups -OCH3 is 1. The zero-order chi connectivity index (χ0) is 25.8. The second kappa shape index (κ2) is 11.1. The lowest BCUT2D eigenvalue weighted by molar-refractivity contribution is -0.122. The Kier molecular flexibility index (Phi) is 7.46. The highest BCUT2D eigenvalue weighted by molar-refractivity contribution is 6.32. The maximum atomic E-state index is 13.3. The molecule has 0 bridgehead atoms. The van der Waals surface area contributed by atoms with E-state index in [4.69, 9.17) is 21.1 Å². The maximum Gasteiger partial charge on any atom is 0.257 e. The molecular formula is C28H29ClN4O4. The molecule has 9 heteroatoms. The largest absolute Gasteiger partial charge is 0.495 e. The summed E-state index contributed by atoms with van der Waals surface area (Å²) in [6.07, 6.45) is 4.78. The fraction of sp³-hybridized carbons (Fsp3) is 0.321. The number of carbonyl (C=O) groups excluding carboxylic acids is 2. The number of pyridine rings is 1. The smallest absolute Gasteiger partial charge is 0.257 e. The Hall–Kier alpha value is -3.78. The molecule has 1 atom stereocenters. The molecule has 5 rings (SSSR count). The van der Waals surface area contributed by atoms with Gasteiger partial charge in [0, 0.05) is 31.0 Å². The van der Waals surface area contributed by atoms with E-state index in [-0.39, 0.29) is 18.1 Å². The van der Waals surface area contributed by atoms with Gasteiger partial charge in [-0.2, -0.15) is 0 Å². The van der Waals surface area contributed by atoms with Crippen molar-refractivity contribution >= 4 is 34.9 Å². The highest BCUT2D eigenvalue weighted by Crippen LogP contribution is 2.35. The van der Waals surface area contributed by atoms with Crippen LogP contribution in [0.3, 0.4) is 0 Å². The first-order chi connectivity index (χ1) is 18.0. The second-order valence-electron chi connectivity index (χ2n) is 9.14. The van der Waals surface area contributed by atoms with Gasteiger partial charge in [0.15, 0.2) is 0 Å². The quantitative estimate of drug-likeness (QED) is 0.479. The Labute approximate surface area is 220 Å². The Bertz CT molecular complexity index is 1320. The molecule has 0 saturated carbocycles. The van der Waals surface area contributed by atoms with Gasteiger partial charge in [-0.15, -0.1) is 0 Å². The van der Waals surface area contributed by atoms with Crippen LogP contribution in [0.2, 0.25) is 5.02 Å². The third-order valence-electron chi connectivity index (χ3n) is 6.71. The van der Waals surface area contributed by atoms with Crippen molar-refractivity contribution in [2.75, 3.05) is 25.1 Å². The van der Waals surface area contributed by atoms with Gasteiger partial charge in [-0.05, 0) is 55.0 Å². The van der Waals surface area contributed by atoms with Crippen LogP contribution < -0.4 is 25.0 Å². The molecule has 3 aromatic rings. The van der Waals surface area contributed by atoms with Gasteiger partial charge in [0.1, 0.15) is 30.0 Å². The fourth-order valence-electron chi connectivity index (χ4n) is 4.71. The van der Waals surface area contributed by atoms with Gasteiger partial charge in [-0.25, -0.2) is 4.98 Å². The summed E-state index contributed by atoms with van der Waals surface area (Å²) in [5, 5.41) is 6.20. The van der Waals surface area contributed by atoms with E-state index in [1.54, 1.807) is 25.3 Å². The zero-order valence-corrected chi connectivity index (χ0v) is 21.4. The lowest BCUT2D eigenvalue weighted by atomic mass is 10.1. The van der Waals surface area contributed by atoms with Crippen molar-refractivity contribution in [1.29, 1.82) is 0 Å². The molecule has 37 heavy (non-hydrogen) atoms. The predicted octanol–water partition coefficient (Wildman–Crippen LogP) is 4.42. The third-order valence-corrected chi connectivity index (χ3v) is 7.01. The minimum atomic E-state index is -0.589. The SMILES string of the molecule is COc1ccc(COc2cc(N3CCc4ccccc43)ncc2C(=O)NC2CCCCNC2=O)cc1Cl. The number of rotatable bonds is 7. The van der Waals surface area contributed by atoms with E-state index in [1.807, 2.05) is 18.2 Å². The minimum Gasteiger partial charge on any atom is -0.495 e. The van der Waals surface area contributed by atoms with Gasteiger partial charge in [-0.3, -0.25) is 9.59 Å². The van der Waals surface area contributed by atoms with Gasteiger partial charge in [0.2, 0.25) is 5.91 Å². The molecule has 2 aliphatic heterocycles. The normalized spacial score (nSPS) is 17.0. The van der Waals surface area contributed by atoms with Crippen LogP contribution in [0, 0.1) is 0 Å². The van der Waals surface area contributed by atoms with E-state index < -0.39 is 11.9 Å². The number of carbonyl (C=O) groups is 2. The highest BCUT2D eigenvalue weighted by atomic mass is 35.5. The van der Waals surface area contributed by atoms with Crippen LogP contribution in [0.4, 0.5) is 11.5 Å². The summed E-state index contributed by atoms with van der Waals surface area (Å²) in [5.74, 6) is 1.08. The summed E-state index contributed by atoms with van der Waals surface area (Å²) < 4.78 is 11.4. The molecule has 3 heterocycles. The number of benzene rings is 2. The molecule has 2 aliphatic rings. The second-order valence-corrected chi connectivity index (χ2v) is 9.55. The lowest BCUT2D eigenvalue weighted by Gasteiger charge is -2.21. The number of hydrogen-bond acceptors (Lipinski definition) is 6. The molecule has 0 aliphatic carbocycles. The van der Waals surface area contributed by atoms with Crippen LogP contribution in [-0.4, -0.2) is 43.0 Å². The van der Waals surface area contributed by atoms with E-state index in [0.717, 1.165) is 37.1 Å². The molecule has 1 unspecified atom stereocenters. The van der Waals surface area contributed by atoms with Crippen LogP contribution >= 0.6 is 11.6 Å². The van der Waals surface area contributed by atoms with E-state index >= 15 is 0 Å². The molecule has 2 amide bonds. The number of halogens is 1. The number of ether oxygens (including phenoxy) is 2. The molecule has 2 N–H and O–H groups in total. The number of amides is 2. The number of para-hydroxylation sites is 1. The van der Waals surface area contributed by atoms with Crippen LogP contribution in [0.1, 0.15) is 40.7 Å². The number of fused-ring (bicyclic) bond motifs is 1. The van der Waals surface area contributed by atoms with Crippen molar-refractivity contribution in [2.45, 2.75) is 38.3 Å². The van der Waals surface area contributed by atoms with Gasteiger partial charge >= 0.3 is 0 Å². The number of hydrogen-bond donors (Lipinski definition) is 2. The first-order valence-corrected chi connectivity index (χ1v) is 12.8. The molecule has 0 spiro atoms. The van der Waals surface area contributed by atoms with E-state index in [9.17, 15) is 9.59 Å². The van der Waals surface area contributed by atoms with E-state index in [1.165, 1.54) is 11.8 Å². The summed E-state index contributed by atoms with van der Waals surface area (Å²) in [4.78, 5) is 32.4. The first-order valence-electron chi connectivity index (χ1n) is 12.4. The van der Waals surface area contributed by atoms with Gasteiger partial charge in [-0.1, -0.05) is 35.9 Å².